The minimum Gasteiger partial charge on any atom is -0.472 e. The van der Waals surface area contributed by atoms with Crippen LogP contribution >= 0.6 is 23.2 Å². The van der Waals surface area contributed by atoms with Gasteiger partial charge in [-0.1, -0.05) is 23.2 Å². The van der Waals surface area contributed by atoms with Crippen LogP contribution in [0.25, 0.3) is 0 Å². The molecule has 3 rings (SSSR count). The second-order valence-electron chi connectivity index (χ2n) is 6.44. The molecule has 0 spiro atoms. The molecule has 1 aliphatic heterocycles. The summed E-state index contributed by atoms with van der Waals surface area (Å²) in [4.78, 5) is 1.84. The van der Waals surface area contributed by atoms with Gasteiger partial charge in [-0.2, -0.15) is 4.31 Å². The summed E-state index contributed by atoms with van der Waals surface area (Å²) in [5, 5.41) is 8.58. The lowest BCUT2D eigenvalue weighted by Crippen LogP contribution is -2.44. The third-order valence-electron chi connectivity index (χ3n) is 4.22. The smallest absolute Gasteiger partial charge is 0.244 e. The molecule has 1 saturated heterocycles. The fourth-order valence-corrected chi connectivity index (χ4v) is 5.07. The van der Waals surface area contributed by atoms with Crippen LogP contribution in [0, 0.1) is 0 Å². The highest BCUT2D eigenvalue weighted by atomic mass is 35.5. The Kier molecular flexibility index (Phi) is 6.10. The number of piperidine rings is 1. The maximum Gasteiger partial charge on any atom is 0.244 e. The quantitative estimate of drug-likeness (QED) is 0.725. The van der Waals surface area contributed by atoms with Gasteiger partial charge in [0.25, 0.3) is 0 Å². The zero-order valence-electron chi connectivity index (χ0n) is 15.0. The first-order valence-electron chi connectivity index (χ1n) is 8.40. The first kappa shape index (κ1) is 20.1. The fourth-order valence-electron chi connectivity index (χ4n) is 2.82. The fraction of sp³-hybridized carbons (Fsp3) is 0.412. The molecule has 0 saturated carbocycles. The van der Waals surface area contributed by atoms with E-state index in [-0.39, 0.29) is 22.6 Å². The molecule has 2 aromatic rings. The molecule has 1 unspecified atom stereocenters. The monoisotopic (exact) mass is 430 g/mol. The minimum absolute atomic E-state index is 0.00689. The molecule has 0 bridgehead atoms. The second-order valence-corrected chi connectivity index (χ2v) is 9.19. The Balaban J connectivity index is 1.74. The van der Waals surface area contributed by atoms with Crippen LogP contribution in [-0.4, -0.2) is 56.2 Å². The summed E-state index contributed by atoms with van der Waals surface area (Å²) >= 11 is 12.0. The van der Waals surface area contributed by atoms with Crippen molar-refractivity contribution in [3.05, 3.63) is 40.4 Å². The van der Waals surface area contributed by atoms with Gasteiger partial charge in [-0.05, 0) is 37.1 Å². The van der Waals surface area contributed by atoms with Crippen LogP contribution in [0.3, 0.4) is 0 Å². The van der Waals surface area contributed by atoms with E-state index in [0.717, 1.165) is 6.42 Å². The van der Waals surface area contributed by atoms with E-state index in [9.17, 15) is 8.42 Å². The number of aromatic nitrogens is 2. The van der Waals surface area contributed by atoms with Gasteiger partial charge in [0.2, 0.25) is 15.9 Å². The van der Waals surface area contributed by atoms with E-state index in [2.05, 4.69) is 10.2 Å². The van der Waals surface area contributed by atoms with Crippen molar-refractivity contribution in [2.45, 2.75) is 23.8 Å². The Labute approximate surface area is 168 Å². The molecule has 1 atom stereocenters. The zero-order chi connectivity index (χ0) is 19.6. The molecular weight excluding hydrogens is 411 g/mol. The van der Waals surface area contributed by atoms with Gasteiger partial charge in [0.15, 0.2) is 5.82 Å². The Bertz CT molecular complexity index is 907. The number of sulfonamides is 1. The van der Waals surface area contributed by atoms with Crippen LogP contribution in [0.5, 0.6) is 5.88 Å². The maximum atomic E-state index is 13.0. The average molecular weight is 431 g/mol. The van der Waals surface area contributed by atoms with Crippen LogP contribution in [0.4, 0.5) is 5.82 Å². The van der Waals surface area contributed by atoms with Crippen molar-refractivity contribution in [2.24, 2.45) is 0 Å². The second kappa shape index (κ2) is 8.18. The molecule has 7 nitrogen and oxygen atoms in total. The summed E-state index contributed by atoms with van der Waals surface area (Å²) in [5.41, 5.74) is 0. The summed E-state index contributed by atoms with van der Waals surface area (Å²) < 4.78 is 33.2. The van der Waals surface area contributed by atoms with Gasteiger partial charge in [0.05, 0.1) is 11.6 Å². The van der Waals surface area contributed by atoms with E-state index in [0.29, 0.717) is 29.7 Å². The van der Waals surface area contributed by atoms with Crippen molar-refractivity contribution in [1.29, 1.82) is 0 Å². The van der Waals surface area contributed by atoms with Gasteiger partial charge in [0, 0.05) is 31.7 Å². The number of ether oxygens (including phenoxy) is 1. The largest absolute Gasteiger partial charge is 0.472 e. The zero-order valence-corrected chi connectivity index (χ0v) is 17.3. The van der Waals surface area contributed by atoms with Crippen LogP contribution in [-0.2, 0) is 10.0 Å². The number of hydrogen-bond acceptors (Lipinski definition) is 6. The highest BCUT2D eigenvalue weighted by molar-refractivity contribution is 7.89. The van der Waals surface area contributed by atoms with Gasteiger partial charge in [-0.15, -0.1) is 10.2 Å². The molecule has 27 heavy (non-hydrogen) atoms. The number of benzene rings is 1. The molecular formula is C17H20Cl2N4O3S. The van der Waals surface area contributed by atoms with Gasteiger partial charge >= 0.3 is 0 Å². The number of anilines is 1. The molecule has 1 fully saturated rings. The molecule has 0 amide bonds. The summed E-state index contributed by atoms with van der Waals surface area (Å²) in [5.74, 6) is 1.08. The molecule has 146 valence electrons. The highest BCUT2D eigenvalue weighted by Crippen LogP contribution is 2.30. The Hall–Kier alpha value is -1.61. The maximum absolute atomic E-state index is 13.0. The van der Waals surface area contributed by atoms with E-state index < -0.39 is 10.0 Å². The van der Waals surface area contributed by atoms with Crippen LogP contribution in [0.1, 0.15) is 12.8 Å². The molecule has 0 radical (unpaired) electrons. The number of rotatable bonds is 5. The third kappa shape index (κ3) is 4.63. The Morgan fingerprint density at radius 2 is 1.96 bits per heavy atom. The van der Waals surface area contributed by atoms with Gasteiger partial charge in [0.1, 0.15) is 11.0 Å². The van der Waals surface area contributed by atoms with E-state index in [1.54, 1.807) is 18.2 Å². The van der Waals surface area contributed by atoms with Crippen molar-refractivity contribution in [2.75, 3.05) is 32.1 Å². The molecule has 2 heterocycles. The van der Waals surface area contributed by atoms with Crippen LogP contribution < -0.4 is 9.64 Å². The Morgan fingerprint density at radius 3 is 2.63 bits per heavy atom. The molecule has 0 aliphatic carbocycles. The lowest BCUT2D eigenvalue weighted by Gasteiger charge is -2.32. The van der Waals surface area contributed by atoms with E-state index >= 15 is 0 Å². The predicted octanol–water partition coefficient (Wildman–Crippen LogP) is 3.08. The minimum atomic E-state index is -3.76. The Morgan fingerprint density at radius 1 is 1.19 bits per heavy atom. The van der Waals surface area contributed by atoms with Gasteiger partial charge in [-0.25, -0.2) is 8.42 Å². The third-order valence-corrected chi connectivity index (χ3v) is 6.81. The van der Waals surface area contributed by atoms with Crippen molar-refractivity contribution < 1.29 is 13.2 Å². The summed E-state index contributed by atoms with van der Waals surface area (Å²) in [6, 6.07) is 7.93. The van der Waals surface area contributed by atoms with Crippen LogP contribution in [0.15, 0.2) is 35.2 Å². The summed E-state index contributed by atoms with van der Waals surface area (Å²) in [6.45, 7) is 0.610. The van der Waals surface area contributed by atoms with Crippen molar-refractivity contribution in [3.63, 3.8) is 0 Å². The van der Waals surface area contributed by atoms with Crippen molar-refractivity contribution >= 4 is 39.0 Å². The number of hydrogen-bond donors (Lipinski definition) is 0. The molecule has 0 N–H and O–H groups in total. The normalized spacial score (nSPS) is 18.3. The standard InChI is InChI=1S/C17H20Cl2N4O3S/c1-22(2)16-7-8-17(21-20-16)26-13-4-3-9-23(11-13)27(24,25)15-10-12(18)5-6-14(15)19/h5-8,10,13H,3-4,9,11H2,1-2H3. The topological polar surface area (TPSA) is 75.6 Å². The van der Waals surface area contributed by atoms with Gasteiger partial charge in [-0.3, -0.25) is 0 Å². The van der Waals surface area contributed by atoms with Crippen molar-refractivity contribution in [3.8, 4) is 5.88 Å². The number of nitrogens with zero attached hydrogens (tertiary/aromatic N) is 4. The van der Waals surface area contributed by atoms with E-state index in [4.69, 9.17) is 27.9 Å². The van der Waals surface area contributed by atoms with E-state index in [1.165, 1.54) is 16.4 Å². The summed E-state index contributed by atoms with van der Waals surface area (Å²) in [6.07, 6.45) is 1.09. The molecule has 10 heteroatoms. The molecule has 1 aromatic heterocycles. The van der Waals surface area contributed by atoms with E-state index in [1.807, 2.05) is 19.0 Å². The molecule has 1 aromatic carbocycles. The number of halogens is 2. The predicted molar refractivity (Wildman–Crippen MR) is 105 cm³/mol. The van der Waals surface area contributed by atoms with Crippen LogP contribution in [0.2, 0.25) is 10.0 Å². The highest BCUT2D eigenvalue weighted by Gasteiger charge is 2.32. The first-order chi connectivity index (χ1) is 12.8. The van der Waals surface area contributed by atoms with Crippen molar-refractivity contribution in [1.82, 2.24) is 14.5 Å². The first-order valence-corrected chi connectivity index (χ1v) is 10.6. The van der Waals surface area contributed by atoms with Gasteiger partial charge < -0.3 is 9.64 Å². The lowest BCUT2D eigenvalue weighted by atomic mass is 10.1. The summed E-state index contributed by atoms with van der Waals surface area (Å²) in [7, 11) is -0.0233. The SMILES string of the molecule is CN(C)c1ccc(OC2CCCN(S(=O)(=O)c3cc(Cl)ccc3Cl)C2)nn1. The molecule has 1 aliphatic rings. The average Bonchev–Trinajstić information content (AvgIpc) is 2.64. The lowest BCUT2D eigenvalue weighted by molar-refractivity contribution is 0.123.